The first kappa shape index (κ1) is 18.1. The Kier molecular flexibility index (Phi) is 8.38. The molecular formula is C12H18F5I. The van der Waals surface area contributed by atoms with Crippen LogP contribution < -0.4 is 0 Å². The molecule has 0 unspecified atom stereocenters. The maximum atomic E-state index is 12.7. The summed E-state index contributed by atoms with van der Waals surface area (Å²) in [5.41, 5.74) is 0. The Labute approximate surface area is 118 Å². The molecule has 108 valence electrons. The zero-order chi connectivity index (χ0) is 14.2. The standard InChI is InChI=1S/C12H18F5I/c1-2-3-4-5-6-7-8-10(18)9-11(13,14)12(15,16)17/h9H,2-8H2,1H3. The van der Waals surface area contributed by atoms with Crippen molar-refractivity contribution in [1.29, 1.82) is 0 Å². The van der Waals surface area contributed by atoms with Crippen molar-refractivity contribution >= 4 is 22.6 Å². The molecule has 18 heavy (non-hydrogen) atoms. The van der Waals surface area contributed by atoms with Crippen molar-refractivity contribution in [3.8, 4) is 0 Å². The van der Waals surface area contributed by atoms with E-state index >= 15 is 0 Å². The fourth-order valence-corrected chi connectivity index (χ4v) is 2.20. The van der Waals surface area contributed by atoms with E-state index in [2.05, 4.69) is 6.92 Å². The summed E-state index contributed by atoms with van der Waals surface area (Å²) in [6, 6.07) is 0. The number of unbranched alkanes of at least 4 members (excludes halogenated alkanes) is 5. The summed E-state index contributed by atoms with van der Waals surface area (Å²) < 4.78 is 61.1. The van der Waals surface area contributed by atoms with E-state index in [0.29, 0.717) is 12.8 Å². The fraction of sp³-hybridized carbons (Fsp3) is 0.833. The van der Waals surface area contributed by atoms with E-state index in [4.69, 9.17) is 0 Å². The van der Waals surface area contributed by atoms with E-state index in [1.807, 2.05) is 0 Å². The van der Waals surface area contributed by atoms with Gasteiger partial charge in [-0.25, -0.2) is 0 Å². The van der Waals surface area contributed by atoms with Gasteiger partial charge in [0.15, 0.2) is 0 Å². The van der Waals surface area contributed by atoms with Crippen LogP contribution in [0.15, 0.2) is 9.66 Å². The Hall–Kier alpha value is 0.120. The lowest BCUT2D eigenvalue weighted by Gasteiger charge is -2.16. The van der Waals surface area contributed by atoms with Gasteiger partial charge in [-0.1, -0.05) is 39.0 Å². The highest BCUT2D eigenvalue weighted by atomic mass is 127. The summed E-state index contributed by atoms with van der Waals surface area (Å²) in [5, 5.41) is 0. The van der Waals surface area contributed by atoms with Gasteiger partial charge in [-0.2, -0.15) is 22.0 Å². The molecule has 0 rings (SSSR count). The Morgan fingerprint density at radius 2 is 1.44 bits per heavy atom. The SMILES string of the molecule is CCCCCCCCC(I)=CC(F)(F)C(F)(F)F. The molecule has 6 heteroatoms. The van der Waals surface area contributed by atoms with Crippen molar-refractivity contribution in [2.75, 3.05) is 0 Å². The molecule has 0 saturated heterocycles. The van der Waals surface area contributed by atoms with Gasteiger partial charge < -0.3 is 0 Å². The van der Waals surface area contributed by atoms with Crippen molar-refractivity contribution < 1.29 is 22.0 Å². The molecule has 0 bridgehead atoms. The van der Waals surface area contributed by atoms with Gasteiger partial charge in [0.25, 0.3) is 0 Å². The molecule has 0 aromatic carbocycles. The number of hydrogen-bond acceptors (Lipinski definition) is 0. The Balaban J connectivity index is 3.98. The minimum atomic E-state index is -5.50. The topological polar surface area (TPSA) is 0 Å². The molecule has 0 atom stereocenters. The van der Waals surface area contributed by atoms with Gasteiger partial charge >= 0.3 is 12.1 Å². The first-order valence-corrected chi connectivity index (χ1v) is 7.10. The Morgan fingerprint density at radius 3 is 1.94 bits per heavy atom. The Bertz CT molecular complexity index is 258. The molecular weight excluding hydrogens is 366 g/mol. The average Bonchev–Trinajstić information content (AvgIpc) is 2.20. The molecule has 0 aliphatic rings. The van der Waals surface area contributed by atoms with Crippen molar-refractivity contribution in [2.24, 2.45) is 0 Å². The van der Waals surface area contributed by atoms with E-state index < -0.39 is 12.1 Å². The quantitative estimate of drug-likeness (QED) is 0.264. The van der Waals surface area contributed by atoms with Crippen LogP contribution in [-0.2, 0) is 0 Å². The normalized spacial score (nSPS) is 14.1. The van der Waals surface area contributed by atoms with Gasteiger partial charge in [0.05, 0.1) is 0 Å². The summed E-state index contributed by atoms with van der Waals surface area (Å²) in [6.07, 6.45) is 0.712. The molecule has 0 amide bonds. The molecule has 0 radical (unpaired) electrons. The number of rotatable bonds is 8. The molecule has 0 aromatic heterocycles. The van der Waals surface area contributed by atoms with E-state index in [0.717, 1.165) is 32.1 Å². The van der Waals surface area contributed by atoms with E-state index in [9.17, 15) is 22.0 Å². The van der Waals surface area contributed by atoms with E-state index in [-0.39, 0.29) is 9.66 Å². The minimum Gasteiger partial charge on any atom is -0.191 e. The van der Waals surface area contributed by atoms with Crippen LogP contribution in [0.1, 0.15) is 51.9 Å². The summed E-state index contributed by atoms with van der Waals surface area (Å²) >= 11 is 1.56. The number of allylic oxidation sites excluding steroid dienone is 2. The highest BCUT2D eigenvalue weighted by Crippen LogP contribution is 2.38. The van der Waals surface area contributed by atoms with Crippen LogP contribution in [0.3, 0.4) is 0 Å². The third-order valence-corrected chi connectivity index (χ3v) is 3.34. The predicted octanol–water partition coefficient (Wildman–Crippen LogP) is 6.25. The second-order valence-corrected chi connectivity index (χ2v) is 5.62. The fourth-order valence-electron chi connectivity index (χ4n) is 1.42. The highest BCUT2D eigenvalue weighted by molar-refractivity contribution is 14.1. The molecule has 0 N–H and O–H groups in total. The van der Waals surface area contributed by atoms with Crippen LogP contribution in [-0.4, -0.2) is 12.1 Å². The molecule has 0 aliphatic carbocycles. The van der Waals surface area contributed by atoms with Crippen LogP contribution in [0.2, 0.25) is 0 Å². The monoisotopic (exact) mass is 384 g/mol. The zero-order valence-corrected chi connectivity index (χ0v) is 12.5. The van der Waals surface area contributed by atoms with E-state index in [1.54, 1.807) is 22.6 Å². The average molecular weight is 384 g/mol. The maximum absolute atomic E-state index is 12.7. The van der Waals surface area contributed by atoms with Crippen LogP contribution in [0, 0.1) is 0 Å². The van der Waals surface area contributed by atoms with Crippen LogP contribution in [0.5, 0.6) is 0 Å². The third kappa shape index (κ3) is 7.53. The van der Waals surface area contributed by atoms with Crippen molar-refractivity contribution in [1.82, 2.24) is 0 Å². The molecule has 0 saturated carbocycles. The smallest absolute Gasteiger partial charge is 0.191 e. The summed E-state index contributed by atoms with van der Waals surface area (Å²) in [5.74, 6) is -4.72. The van der Waals surface area contributed by atoms with Gasteiger partial charge in [0.2, 0.25) is 0 Å². The van der Waals surface area contributed by atoms with Crippen molar-refractivity contribution in [2.45, 2.75) is 64.0 Å². The number of hydrogen-bond donors (Lipinski definition) is 0. The lowest BCUT2D eigenvalue weighted by molar-refractivity contribution is -0.259. The van der Waals surface area contributed by atoms with Gasteiger partial charge in [-0.15, -0.1) is 0 Å². The maximum Gasteiger partial charge on any atom is 0.457 e. The van der Waals surface area contributed by atoms with Gasteiger partial charge in [0.1, 0.15) is 0 Å². The summed E-state index contributed by atoms with van der Waals surface area (Å²) in [6.45, 7) is 2.09. The third-order valence-electron chi connectivity index (χ3n) is 2.49. The summed E-state index contributed by atoms with van der Waals surface area (Å²) in [7, 11) is 0. The van der Waals surface area contributed by atoms with Crippen LogP contribution in [0.4, 0.5) is 22.0 Å². The minimum absolute atomic E-state index is 0.0274. The van der Waals surface area contributed by atoms with Crippen LogP contribution >= 0.6 is 22.6 Å². The summed E-state index contributed by atoms with van der Waals surface area (Å²) in [4.78, 5) is 0. The lowest BCUT2D eigenvalue weighted by atomic mass is 10.1. The molecule has 0 aromatic rings. The molecule has 0 aliphatic heterocycles. The first-order chi connectivity index (χ1) is 8.20. The largest absolute Gasteiger partial charge is 0.457 e. The first-order valence-electron chi connectivity index (χ1n) is 6.02. The predicted molar refractivity (Wildman–Crippen MR) is 71.1 cm³/mol. The molecule has 0 nitrogen and oxygen atoms in total. The second kappa shape index (κ2) is 8.32. The van der Waals surface area contributed by atoms with Gasteiger partial charge in [0, 0.05) is 6.08 Å². The van der Waals surface area contributed by atoms with Gasteiger partial charge in [-0.3, -0.25) is 0 Å². The molecule has 0 fully saturated rings. The Morgan fingerprint density at radius 1 is 0.944 bits per heavy atom. The number of halogens is 6. The molecule has 0 heterocycles. The molecule has 0 spiro atoms. The second-order valence-electron chi connectivity index (χ2n) is 4.23. The van der Waals surface area contributed by atoms with Gasteiger partial charge in [-0.05, 0) is 39.0 Å². The van der Waals surface area contributed by atoms with Crippen LogP contribution in [0.25, 0.3) is 0 Å². The number of alkyl halides is 5. The van der Waals surface area contributed by atoms with E-state index in [1.165, 1.54) is 0 Å². The zero-order valence-electron chi connectivity index (χ0n) is 10.3. The highest BCUT2D eigenvalue weighted by Gasteiger charge is 2.55. The lowest BCUT2D eigenvalue weighted by Crippen LogP contribution is -2.34. The van der Waals surface area contributed by atoms with Crippen molar-refractivity contribution in [3.05, 3.63) is 9.66 Å². The van der Waals surface area contributed by atoms with Crippen molar-refractivity contribution in [3.63, 3.8) is 0 Å².